The lowest BCUT2D eigenvalue weighted by Crippen LogP contribution is -2.36. The van der Waals surface area contributed by atoms with Gasteiger partial charge in [0.1, 0.15) is 0 Å². The van der Waals surface area contributed by atoms with Gasteiger partial charge in [-0.15, -0.1) is 0 Å². The van der Waals surface area contributed by atoms with E-state index >= 15 is 0 Å². The highest BCUT2D eigenvalue weighted by Crippen LogP contribution is 2.24. The summed E-state index contributed by atoms with van der Waals surface area (Å²) < 4.78 is 23.5. The average molecular weight is 239 g/mol. The van der Waals surface area contributed by atoms with Crippen molar-refractivity contribution in [2.75, 3.05) is 31.2 Å². The van der Waals surface area contributed by atoms with Crippen LogP contribution in [0.1, 0.15) is 0 Å². The van der Waals surface area contributed by atoms with Crippen LogP contribution in [0.2, 0.25) is 0 Å². The molecule has 1 aliphatic heterocycles. The van der Waals surface area contributed by atoms with Crippen molar-refractivity contribution >= 4 is 16.7 Å². The number of rotatable bonds is 1. The molecule has 7 heteroatoms. The molecule has 0 N–H and O–H groups in total. The maximum atomic E-state index is 13.9. The Morgan fingerprint density at radius 2 is 2.12 bits per heavy atom. The molecule has 2 aromatic rings. The Hall–Kier alpha value is -1.89. The molecule has 1 aromatic carbocycles. The first-order valence-corrected chi connectivity index (χ1v) is 5.27. The molecule has 6 nitrogen and oxygen atoms in total. The van der Waals surface area contributed by atoms with Crippen molar-refractivity contribution in [3.05, 3.63) is 23.2 Å². The lowest BCUT2D eigenvalue weighted by atomic mass is 10.2. The molecule has 0 radical (unpaired) electrons. The Labute approximate surface area is 95.7 Å². The first-order chi connectivity index (χ1) is 8.25. The molecule has 1 saturated heterocycles. The van der Waals surface area contributed by atoms with E-state index in [0.717, 1.165) is 6.07 Å². The number of halogens is 1. The van der Waals surface area contributed by atoms with E-state index in [1.54, 1.807) is 0 Å². The normalized spacial score (nSPS) is 16.6. The van der Waals surface area contributed by atoms with Crippen LogP contribution in [0.3, 0.4) is 0 Å². The molecule has 1 aromatic heterocycles. The molecule has 0 amide bonds. The van der Waals surface area contributed by atoms with Gasteiger partial charge in [-0.1, -0.05) is 0 Å². The number of hydrogen-bond acceptors (Lipinski definition) is 5. The summed E-state index contributed by atoms with van der Waals surface area (Å²) in [5, 5.41) is 14.7. The third-order valence-corrected chi connectivity index (χ3v) is 2.81. The van der Waals surface area contributed by atoms with E-state index in [2.05, 4.69) is 9.79 Å². The first kappa shape index (κ1) is 10.3. The average Bonchev–Trinajstić information content (AvgIpc) is 2.71. The molecular weight excluding hydrogens is 229 g/mol. The summed E-state index contributed by atoms with van der Waals surface area (Å²) in [5.41, 5.74) is 0.872. The highest BCUT2D eigenvalue weighted by Gasteiger charge is 2.20. The zero-order valence-corrected chi connectivity index (χ0v) is 8.93. The number of anilines is 1. The zero-order valence-electron chi connectivity index (χ0n) is 8.93. The minimum atomic E-state index is -0.452. The van der Waals surface area contributed by atoms with Gasteiger partial charge in [0.25, 0.3) is 5.52 Å². The lowest BCUT2D eigenvalue weighted by Gasteiger charge is -2.28. The van der Waals surface area contributed by atoms with E-state index in [9.17, 15) is 9.60 Å². The summed E-state index contributed by atoms with van der Waals surface area (Å²) in [6, 6.07) is 2.66. The number of hydrogen-bond donors (Lipinski definition) is 0. The van der Waals surface area contributed by atoms with E-state index < -0.39 is 5.82 Å². The number of ether oxygens (including phenoxy) is 1. The minimum Gasteiger partial charge on any atom is -0.378 e. The third kappa shape index (κ3) is 1.68. The highest BCUT2D eigenvalue weighted by atomic mass is 19.1. The molecular formula is C10H10FN3O3. The number of fused-ring (bicyclic) bond motifs is 1. The fourth-order valence-corrected chi connectivity index (χ4v) is 1.93. The third-order valence-electron chi connectivity index (χ3n) is 2.81. The van der Waals surface area contributed by atoms with Gasteiger partial charge in [0.15, 0.2) is 5.82 Å². The predicted molar refractivity (Wildman–Crippen MR) is 56.0 cm³/mol. The molecule has 0 unspecified atom stereocenters. The van der Waals surface area contributed by atoms with Crippen LogP contribution in [0.15, 0.2) is 16.8 Å². The molecule has 90 valence electrons. The molecule has 0 spiro atoms. The molecule has 17 heavy (non-hydrogen) atoms. The van der Waals surface area contributed by atoms with Crippen molar-refractivity contribution in [3.63, 3.8) is 0 Å². The van der Waals surface area contributed by atoms with Crippen molar-refractivity contribution in [3.8, 4) is 0 Å². The van der Waals surface area contributed by atoms with Crippen LogP contribution in [-0.2, 0) is 4.74 Å². The Kier molecular flexibility index (Phi) is 2.32. The van der Waals surface area contributed by atoms with Crippen molar-refractivity contribution in [2.24, 2.45) is 0 Å². The Morgan fingerprint density at radius 3 is 2.88 bits per heavy atom. The van der Waals surface area contributed by atoms with Gasteiger partial charge in [-0.3, -0.25) is 4.63 Å². The van der Waals surface area contributed by atoms with E-state index in [1.807, 2.05) is 4.90 Å². The van der Waals surface area contributed by atoms with Gasteiger partial charge in [-0.05, 0) is 4.90 Å². The van der Waals surface area contributed by atoms with Gasteiger partial charge in [0.2, 0.25) is 5.52 Å². The van der Waals surface area contributed by atoms with Crippen molar-refractivity contribution < 1.29 is 18.7 Å². The van der Waals surface area contributed by atoms with Crippen LogP contribution >= 0.6 is 0 Å². The van der Waals surface area contributed by atoms with E-state index in [-0.39, 0.29) is 10.4 Å². The van der Waals surface area contributed by atoms with Crippen molar-refractivity contribution in [1.82, 2.24) is 5.16 Å². The number of morpholine rings is 1. The topological polar surface area (TPSA) is 65.4 Å². The molecule has 0 bridgehead atoms. The summed E-state index contributed by atoms with van der Waals surface area (Å²) >= 11 is 0. The van der Waals surface area contributed by atoms with Gasteiger partial charge in [-0.25, -0.2) is 4.39 Å². The van der Waals surface area contributed by atoms with Crippen LogP contribution in [0, 0.1) is 11.0 Å². The minimum absolute atomic E-state index is 0.0968. The summed E-state index contributed by atoms with van der Waals surface area (Å²) in [5.74, 6) is -0.452. The molecule has 0 aliphatic carbocycles. The molecule has 1 aliphatic rings. The molecule has 2 heterocycles. The fourth-order valence-electron chi connectivity index (χ4n) is 1.93. The van der Waals surface area contributed by atoms with Crippen LogP contribution in [0.5, 0.6) is 0 Å². The van der Waals surface area contributed by atoms with E-state index in [4.69, 9.17) is 4.74 Å². The summed E-state index contributed by atoms with van der Waals surface area (Å²) in [7, 11) is 0. The Morgan fingerprint density at radius 1 is 1.35 bits per heavy atom. The second-order valence-electron chi connectivity index (χ2n) is 3.82. The maximum absolute atomic E-state index is 13.9. The molecule has 3 rings (SSSR count). The summed E-state index contributed by atoms with van der Waals surface area (Å²) in [6.07, 6.45) is 0. The van der Waals surface area contributed by atoms with Gasteiger partial charge in [0.05, 0.1) is 18.9 Å². The fraction of sp³-hybridized carbons (Fsp3) is 0.400. The van der Waals surface area contributed by atoms with Gasteiger partial charge in [-0.2, -0.15) is 0 Å². The van der Waals surface area contributed by atoms with Crippen LogP contribution < -0.4 is 9.80 Å². The quantitative estimate of drug-likeness (QED) is 0.675. The van der Waals surface area contributed by atoms with Crippen molar-refractivity contribution in [2.45, 2.75) is 0 Å². The standard InChI is InChI=1S/C10H10FN3O3/c11-7-5-10-8(12-17-14(10)15)6-9(7)13-1-3-16-4-2-13/h5-6H,1-4H2. The summed E-state index contributed by atoms with van der Waals surface area (Å²) in [4.78, 5) is 2.06. The van der Waals surface area contributed by atoms with Crippen LogP contribution in [-0.4, -0.2) is 31.5 Å². The lowest BCUT2D eigenvalue weighted by molar-refractivity contribution is -0.782. The highest BCUT2D eigenvalue weighted by molar-refractivity contribution is 5.76. The Balaban J connectivity index is 2.06. The second kappa shape index (κ2) is 3.85. The molecule has 0 saturated carbocycles. The number of aromatic nitrogens is 2. The summed E-state index contributed by atoms with van der Waals surface area (Å²) in [6.45, 7) is 2.38. The zero-order chi connectivity index (χ0) is 11.8. The van der Waals surface area contributed by atoms with Crippen LogP contribution in [0.4, 0.5) is 10.1 Å². The second-order valence-corrected chi connectivity index (χ2v) is 3.82. The molecule has 1 fully saturated rings. The first-order valence-electron chi connectivity index (χ1n) is 5.27. The van der Waals surface area contributed by atoms with Gasteiger partial charge in [0, 0.05) is 30.4 Å². The van der Waals surface area contributed by atoms with E-state index in [0.29, 0.717) is 37.5 Å². The largest absolute Gasteiger partial charge is 0.378 e. The maximum Gasteiger partial charge on any atom is 0.250 e. The number of benzene rings is 1. The van der Waals surface area contributed by atoms with Crippen molar-refractivity contribution in [1.29, 1.82) is 0 Å². The van der Waals surface area contributed by atoms with Crippen LogP contribution in [0.25, 0.3) is 11.0 Å². The SMILES string of the molecule is [O-][n+]1onc2cc(N3CCOCC3)c(F)cc21. The van der Waals surface area contributed by atoms with Gasteiger partial charge < -0.3 is 14.8 Å². The Bertz CT molecular complexity index is 551. The van der Waals surface area contributed by atoms with E-state index in [1.165, 1.54) is 6.07 Å². The predicted octanol–water partition coefficient (Wildman–Crippen LogP) is 0.437. The number of nitrogens with zero attached hydrogens (tertiary/aromatic N) is 3. The smallest absolute Gasteiger partial charge is 0.250 e. The monoisotopic (exact) mass is 239 g/mol. The van der Waals surface area contributed by atoms with Gasteiger partial charge >= 0.3 is 0 Å². The molecule has 0 atom stereocenters.